The fourth-order valence-electron chi connectivity index (χ4n) is 8.62. The van der Waals surface area contributed by atoms with Crippen molar-refractivity contribution in [2.45, 2.75) is 41.5 Å². The fraction of sp³-hybridized carbons (Fsp3) is 0.0870. The van der Waals surface area contributed by atoms with Crippen molar-refractivity contribution in [3.05, 3.63) is 268 Å². The van der Waals surface area contributed by atoms with Gasteiger partial charge in [0.15, 0.2) is 0 Å². The van der Waals surface area contributed by atoms with Crippen LogP contribution >= 0.6 is 23.2 Å². The van der Waals surface area contributed by atoms with E-state index in [1.54, 1.807) is 18.2 Å². The van der Waals surface area contributed by atoms with Crippen LogP contribution in [0.3, 0.4) is 0 Å². The van der Waals surface area contributed by atoms with Crippen LogP contribution in [-0.2, 0) is 0 Å². The second-order valence-corrected chi connectivity index (χ2v) is 23.0. The Morgan fingerprint density at radius 1 is 0.196 bits per heavy atom. The first-order valence-electron chi connectivity index (χ1n) is 32.0. The highest BCUT2D eigenvalue weighted by molar-refractivity contribution is 6.33. The number of aromatic nitrogens is 36. The van der Waals surface area contributed by atoms with Crippen molar-refractivity contribution in [1.82, 2.24) is 186 Å². The summed E-state index contributed by atoms with van der Waals surface area (Å²) in [6, 6.07) is 72.2. The van der Waals surface area contributed by atoms with Crippen molar-refractivity contribution in [1.29, 1.82) is 0 Å². The van der Waals surface area contributed by atoms with Gasteiger partial charge in [0.25, 0.3) is 0 Å². The Labute approximate surface area is 617 Å². The molecule has 0 aliphatic rings. The Bertz CT molecular complexity index is 4710. The number of aromatic amines is 9. The first-order valence-corrected chi connectivity index (χ1v) is 32.7. The third-order valence-electron chi connectivity index (χ3n) is 14.2. The molecule has 9 aromatic carbocycles. The number of halogens is 2. The van der Waals surface area contributed by atoms with Gasteiger partial charge >= 0.3 is 0 Å². The minimum Gasteiger partial charge on any atom is -0.177 e. The van der Waals surface area contributed by atoms with Gasteiger partial charge < -0.3 is 0 Å². The second-order valence-electron chi connectivity index (χ2n) is 22.2. The van der Waals surface area contributed by atoms with E-state index in [1.807, 2.05) is 248 Å². The molecule has 0 atom stereocenters. The summed E-state index contributed by atoms with van der Waals surface area (Å²) in [6.45, 7) is 12.3. The van der Waals surface area contributed by atoms with E-state index in [9.17, 15) is 0 Å². The molecule has 0 fully saturated rings. The molecule has 9 heterocycles. The van der Waals surface area contributed by atoms with Gasteiger partial charge in [0.1, 0.15) is 0 Å². The molecular weight excluding hydrogens is 1400 g/mol. The van der Waals surface area contributed by atoms with Crippen molar-refractivity contribution < 1.29 is 0 Å². The van der Waals surface area contributed by atoms with Gasteiger partial charge in [0.05, 0.1) is 5.02 Å². The maximum absolute atomic E-state index is 5.89. The highest BCUT2D eigenvalue weighted by Crippen LogP contribution is 2.24. The zero-order chi connectivity index (χ0) is 74.6. The smallest absolute Gasteiger partial charge is 0.177 e. The number of tetrazole rings is 9. The lowest BCUT2D eigenvalue weighted by atomic mass is 10.1. The first-order chi connectivity index (χ1) is 52.4. The standard InChI is InChI=1S/6C8H8N4.2C7H5ClN4.C7H6N4/c6*1-6-2-4-7(5-3-6)8-9-11-12-10-8;8-6-3-1-2-5(4-6)7-9-11-12-10-7;8-6-4-2-1-3-5(6)7-9-11-12-10-7;1-2-4-6(5-3-1)7-8-10-11-9-7/h6*2-5H,1H3,(H,9,10,11,12);2*1-4H,(H,9,10,11,12);1-5H,(H,8,9,10,11). The fourth-order valence-corrected chi connectivity index (χ4v) is 9.03. The zero-order valence-electron chi connectivity index (χ0n) is 57.7. The van der Waals surface area contributed by atoms with E-state index in [2.05, 4.69) is 186 Å². The van der Waals surface area contributed by atoms with Crippen LogP contribution in [0.15, 0.2) is 224 Å². The number of nitrogens with one attached hydrogen (secondary N) is 9. The molecule has 0 spiro atoms. The highest BCUT2D eigenvalue weighted by atomic mass is 35.5. The van der Waals surface area contributed by atoms with Crippen molar-refractivity contribution in [2.24, 2.45) is 0 Å². The summed E-state index contributed by atoms with van der Waals surface area (Å²) in [5.74, 6) is 5.50. The van der Waals surface area contributed by atoms with Crippen LogP contribution in [0.4, 0.5) is 0 Å². The first kappa shape index (κ1) is 74.9. The molecule has 9 N–H and O–H groups in total. The Morgan fingerprint density at radius 2 is 0.402 bits per heavy atom. The van der Waals surface area contributed by atoms with E-state index < -0.39 is 0 Å². The zero-order valence-corrected chi connectivity index (χ0v) is 59.2. The molecule has 0 radical (unpaired) electrons. The summed E-state index contributed by atoms with van der Waals surface area (Å²) in [5.41, 5.74) is 15.8. The molecule has 0 aliphatic carbocycles. The van der Waals surface area contributed by atoms with Gasteiger partial charge in [0, 0.05) is 55.1 Å². The van der Waals surface area contributed by atoms with Gasteiger partial charge in [-0.2, -0.15) is 46.9 Å². The van der Waals surface area contributed by atoms with E-state index in [0.717, 1.165) is 50.1 Å². The molecule has 36 nitrogen and oxygen atoms in total. The molecule has 534 valence electrons. The maximum atomic E-state index is 5.89. The SMILES string of the molecule is Cc1ccc(-c2nn[nH]n2)cc1.Cc1ccc(-c2nn[nH]n2)cc1.Cc1ccc(-c2nn[nH]n2)cc1.Cc1ccc(-c2nn[nH]n2)cc1.Cc1ccc(-c2nn[nH]n2)cc1.Cc1ccc(-c2nn[nH]n2)cc1.Clc1cccc(-c2nn[nH]n2)c1.Clc1ccccc1-c1nn[nH]n1.c1ccc(-c2nn[nH]n2)cc1. The van der Waals surface area contributed by atoms with Crippen LogP contribution in [0, 0.1) is 41.5 Å². The van der Waals surface area contributed by atoms with Gasteiger partial charge in [-0.3, -0.25) is 0 Å². The van der Waals surface area contributed by atoms with Crippen molar-refractivity contribution in [2.75, 3.05) is 0 Å². The molecule has 0 unspecified atom stereocenters. The predicted octanol–water partition coefficient (Wildman–Crippen LogP) is 11.0. The maximum Gasteiger partial charge on any atom is 0.206 e. The molecule has 9 aromatic heterocycles. The molecule has 0 bridgehead atoms. The third-order valence-corrected chi connectivity index (χ3v) is 14.8. The number of H-pyrrole nitrogens is 9. The van der Waals surface area contributed by atoms with Crippen LogP contribution < -0.4 is 0 Å². The summed E-state index contributed by atoms with van der Waals surface area (Å²) in [5, 5.41) is 124. The van der Waals surface area contributed by atoms with Crippen LogP contribution in [0.1, 0.15) is 33.4 Å². The van der Waals surface area contributed by atoms with Crippen LogP contribution in [-0.4, -0.2) is 186 Å². The summed E-state index contributed by atoms with van der Waals surface area (Å²) < 4.78 is 0. The predicted molar refractivity (Wildman–Crippen MR) is 395 cm³/mol. The summed E-state index contributed by atoms with van der Waals surface area (Å²) >= 11 is 11.7. The number of aryl methyl sites for hydroxylation is 6. The molecule has 0 amide bonds. The minimum atomic E-state index is 0.514. The van der Waals surface area contributed by atoms with Gasteiger partial charge in [-0.15, -0.1) is 91.8 Å². The van der Waals surface area contributed by atoms with Crippen LogP contribution in [0.5, 0.6) is 0 Å². The average Bonchev–Trinajstić information content (AvgIpc) is 1.82. The van der Waals surface area contributed by atoms with Gasteiger partial charge in [0.2, 0.25) is 52.4 Å². The van der Waals surface area contributed by atoms with Crippen LogP contribution in [0.2, 0.25) is 10.0 Å². The van der Waals surface area contributed by atoms with Gasteiger partial charge in [-0.1, -0.05) is 257 Å². The lowest BCUT2D eigenvalue weighted by molar-refractivity contribution is 0.881. The number of hydrogen-bond donors (Lipinski definition) is 9. The Balaban J connectivity index is 0.000000129. The molecule has 18 rings (SSSR count). The lowest BCUT2D eigenvalue weighted by Gasteiger charge is -1.95. The highest BCUT2D eigenvalue weighted by Gasteiger charge is 2.09. The number of hydrogen-bond acceptors (Lipinski definition) is 27. The van der Waals surface area contributed by atoms with Crippen molar-refractivity contribution in [3.63, 3.8) is 0 Å². The van der Waals surface area contributed by atoms with Crippen molar-refractivity contribution >= 4 is 23.2 Å². The molecule has 0 saturated heterocycles. The van der Waals surface area contributed by atoms with E-state index in [1.165, 1.54) is 33.4 Å². The normalized spacial score (nSPS) is 10.1. The molecule has 38 heteroatoms. The summed E-state index contributed by atoms with van der Waals surface area (Å²) in [6.07, 6.45) is 0. The quantitative estimate of drug-likeness (QED) is 0.0648. The molecule has 107 heavy (non-hydrogen) atoms. The molecule has 18 aromatic rings. The average molecular weight is 1470 g/mol. The summed E-state index contributed by atoms with van der Waals surface area (Å²) in [7, 11) is 0. The van der Waals surface area contributed by atoms with E-state index in [-0.39, 0.29) is 0 Å². The monoisotopic (exact) mass is 1470 g/mol. The number of rotatable bonds is 9. The van der Waals surface area contributed by atoms with E-state index >= 15 is 0 Å². The van der Waals surface area contributed by atoms with Crippen LogP contribution in [0.25, 0.3) is 102 Å². The molecular formula is C69H64Cl2N36. The van der Waals surface area contributed by atoms with Gasteiger partial charge in [-0.05, 0) is 113 Å². The summed E-state index contributed by atoms with van der Waals surface area (Å²) in [4.78, 5) is 0. The molecule has 0 saturated carbocycles. The topological polar surface area (TPSA) is 490 Å². The second kappa shape index (κ2) is 40.0. The Hall–Kier alpha value is -14.8. The Kier molecular flexibility index (Phi) is 28.0. The molecule has 0 aliphatic heterocycles. The van der Waals surface area contributed by atoms with Gasteiger partial charge in [-0.25, -0.2) is 0 Å². The lowest BCUT2D eigenvalue weighted by Crippen LogP contribution is -1.81. The Morgan fingerprint density at radius 3 is 0.626 bits per heavy atom. The number of nitrogens with zero attached hydrogens (tertiary/aromatic N) is 27. The largest absolute Gasteiger partial charge is 0.206 e. The van der Waals surface area contributed by atoms with Crippen molar-refractivity contribution in [3.8, 4) is 102 Å². The van der Waals surface area contributed by atoms with E-state index in [4.69, 9.17) is 23.2 Å². The van der Waals surface area contributed by atoms with E-state index in [0.29, 0.717) is 62.5 Å². The minimum absolute atomic E-state index is 0.514. The number of benzene rings is 9. The third kappa shape index (κ3) is 24.2.